The van der Waals surface area contributed by atoms with Gasteiger partial charge in [0.1, 0.15) is 0 Å². The molecule has 0 atom stereocenters. The van der Waals surface area contributed by atoms with Gasteiger partial charge in [0.2, 0.25) is 5.91 Å². The predicted molar refractivity (Wildman–Crippen MR) is 114 cm³/mol. The molecule has 2 aromatic rings. The zero-order valence-corrected chi connectivity index (χ0v) is 17.4. The van der Waals surface area contributed by atoms with Gasteiger partial charge in [-0.05, 0) is 81.3 Å². The van der Waals surface area contributed by atoms with Crippen molar-refractivity contribution in [3.8, 4) is 0 Å². The maximum absolute atomic E-state index is 13.0. The predicted octanol–water partition coefficient (Wildman–Crippen LogP) is 3.91. The Hall–Kier alpha value is -1.82. The molecule has 1 amide bonds. The summed E-state index contributed by atoms with van der Waals surface area (Å²) in [6, 6.07) is 7.76. The van der Waals surface area contributed by atoms with E-state index in [1.165, 1.54) is 31.0 Å². The highest BCUT2D eigenvalue weighted by atomic mass is 32.2. The van der Waals surface area contributed by atoms with Crippen LogP contribution in [0.4, 0.5) is 0 Å². The quantitative estimate of drug-likeness (QED) is 0.601. The van der Waals surface area contributed by atoms with E-state index in [9.17, 15) is 9.59 Å². The van der Waals surface area contributed by atoms with Crippen molar-refractivity contribution in [1.82, 2.24) is 14.9 Å². The number of para-hydroxylation sites is 1. The molecule has 0 aliphatic heterocycles. The number of nitrogens with one attached hydrogen (secondary N) is 1. The van der Waals surface area contributed by atoms with Gasteiger partial charge < -0.3 is 5.32 Å². The molecule has 0 radical (unpaired) electrons. The van der Waals surface area contributed by atoms with E-state index in [-0.39, 0.29) is 23.0 Å². The SMILES string of the molecule is O=C(CSc1nc2ccccc2c(=O)n1C1CC1)NC12CC3CC(CC(C3)C1)C2. The summed E-state index contributed by atoms with van der Waals surface area (Å²) in [5.41, 5.74) is 0.791. The van der Waals surface area contributed by atoms with Crippen molar-refractivity contribution in [3.05, 3.63) is 34.6 Å². The molecular formula is C23H27N3O2S. The van der Waals surface area contributed by atoms with Gasteiger partial charge in [0, 0.05) is 11.6 Å². The largest absolute Gasteiger partial charge is 0.350 e. The molecule has 5 aliphatic carbocycles. The molecule has 7 rings (SSSR count). The number of rotatable bonds is 5. The van der Waals surface area contributed by atoms with E-state index in [0.717, 1.165) is 55.4 Å². The highest BCUT2D eigenvalue weighted by Crippen LogP contribution is 2.55. The van der Waals surface area contributed by atoms with E-state index in [1.54, 1.807) is 0 Å². The zero-order valence-electron chi connectivity index (χ0n) is 16.6. The van der Waals surface area contributed by atoms with Gasteiger partial charge in [-0.1, -0.05) is 23.9 Å². The lowest BCUT2D eigenvalue weighted by molar-refractivity contribution is -0.124. The molecule has 29 heavy (non-hydrogen) atoms. The number of carbonyl (C=O) groups excluding carboxylic acids is 1. The summed E-state index contributed by atoms with van der Waals surface area (Å²) in [5.74, 6) is 2.88. The highest BCUT2D eigenvalue weighted by Gasteiger charge is 2.51. The van der Waals surface area contributed by atoms with E-state index >= 15 is 0 Å². The van der Waals surface area contributed by atoms with Gasteiger partial charge in [-0.2, -0.15) is 0 Å². The normalized spacial score (nSPS) is 32.6. The van der Waals surface area contributed by atoms with Crippen LogP contribution in [-0.4, -0.2) is 26.8 Å². The lowest BCUT2D eigenvalue weighted by Crippen LogP contribution is -2.60. The average molecular weight is 410 g/mol. The van der Waals surface area contributed by atoms with Gasteiger partial charge in [0.15, 0.2) is 5.16 Å². The summed E-state index contributed by atoms with van der Waals surface area (Å²) in [4.78, 5) is 30.6. The van der Waals surface area contributed by atoms with Crippen LogP contribution in [0.1, 0.15) is 57.4 Å². The second-order valence-electron chi connectivity index (χ2n) is 9.85. The molecule has 5 saturated carbocycles. The maximum Gasteiger partial charge on any atom is 0.262 e. The van der Waals surface area contributed by atoms with Gasteiger partial charge in [-0.15, -0.1) is 0 Å². The smallest absolute Gasteiger partial charge is 0.262 e. The number of fused-ring (bicyclic) bond motifs is 1. The van der Waals surface area contributed by atoms with Crippen molar-refractivity contribution in [2.24, 2.45) is 17.8 Å². The first kappa shape index (κ1) is 18.0. The molecule has 6 heteroatoms. The van der Waals surface area contributed by atoms with Crippen molar-refractivity contribution < 1.29 is 4.79 Å². The van der Waals surface area contributed by atoms with Crippen LogP contribution in [-0.2, 0) is 4.79 Å². The summed E-state index contributed by atoms with van der Waals surface area (Å²) in [6.45, 7) is 0. The van der Waals surface area contributed by atoms with Crippen LogP contribution in [0.2, 0.25) is 0 Å². The molecule has 1 heterocycles. The molecule has 0 saturated heterocycles. The lowest BCUT2D eigenvalue weighted by atomic mass is 9.53. The fourth-order valence-corrected chi connectivity index (χ4v) is 7.47. The Bertz CT molecular complexity index is 1010. The van der Waals surface area contributed by atoms with Crippen molar-refractivity contribution in [3.63, 3.8) is 0 Å². The molecule has 152 valence electrons. The summed E-state index contributed by atoms with van der Waals surface area (Å²) in [5, 5.41) is 4.80. The minimum atomic E-state index is 0.0297. The Kier molecular flexibility index (Phi) is 4.09. The number of carbonyl (C=O) groups is 1. The van der Waals surface area contributed by atoms with Gasteiger partial charge >= 0.3 is 0 Å². The van der Waals surface area contributed by atoms with Gasteiger partial charge in [0.05, 0.1) is 16.7 Å². The molecule has 0 unspecified atom stereocenters. The first-order chi connectivity index (χ1) is 14.1. The first-order valence-corrected chi connectivity index (χ1v) is 12.0. The molecular weight excluding hydrogens is 382 g/mol. The van der Waals surface area contributed by atoms with E-state index in [1.807, 2.05) is 28.8 Å². The molecule has 5 nitrogen and oxygen atoms in total. The van der Waals surface area contributed by atoms with Crippen LogP contribution in [0.25, 0.3) is 10.9 Å². The van der Waals surface area contributed by atoms with Crippen LogP contribution in [0.3, 0.4) is 0 Å². The highest BCUT2D eigenvalue weighted by molar-refractivity contribution is 7.99. The summed E-state index contributed by atoms with van der Waals surface area (Å²) < 4.78 is 1.82. The third-order valence-corrected chi connectivity index (χ3v) is 8.42. The maximum atomic E-state index is 13.0. The first-order valence-electron chi connectivity index (χ1n) is 11.0. The number of hydrogen-bond acceptors (Lipinski definition) is 4. The molecule has 1 aromatic heterocycles. The van der Waals surface area contributed by atoms with Crippen molar-refractivity contribution >= 4 is 28.6 Å². The summed E-state index contributed by atoms with van der Waals surface area (Å²) in [6.07, 6.45) is 9.65. The fourth-order valence-electron chi connectivity index (χ4n) is 6.61. The van der Waals surface area contributed by atoms with Crippen LogP contribution < -0.4 is 10.9 Å². The minimum Gasteiger partial charge on any atom is -0.350 e. The number of amides is 1. The monoisotopic (exact) mass is 409 g/mol. The van der Waals surface area contributed by atoms with Gasteiger partial charge in [0.25, 0.3) is 5.56 Å². The average Bonchev–Trinajstić information content (AvgIpc) is 3.50. The van der Waals surface area contributed by atoms with Crippen LogP contribution in [0, 0.1) is 17.8 Å². The molecule has 5 aliphatic rings. The third-order valence-electron chi connectivity index (χ3n) is 7.46. The lowest BCUT2D eigenvalue weighted by Gasteiger charge is -2.56. The number of aromatic nitrogens is 2. The number of benzene rings is 1. The second-order valence-corrected chi connectivity index (χ2v) is 10.8. The summed E-state index contributed by atoms with van der Waals surface area (Å²) >= 11 is 1.42. The number of nitrogens with zero attached hydrogens (tertiary/aromatic N) is 2. The van der Waals surface area contributed by atoms with Crippen LogP contribution >= 0.6 is 11.8 Å². The molecule has 1 N–H and O–H groups in total. The standard InChI is InChI=1S/C23H27N3O2S/c27-20(25-23-10-14-7-15(11-23)9-16(8-14)12-23)13-29-22-24-19-4-2-1-3-18(19)21(28)26(22)17-5-6-17/h1-4,14-17H,5-13H2,(H,25,27). The third kappa shape index (κ3) is 3.20. The Morgan fingerprint density at radius 2 is 1.76 bits per heavy atom. The van der Waals surface area contributed by atoms with Crippen molar-refractivity contribution in [2.45, 2.75) is 68.1 Å². The Morgan fingerprint density at radius 3 is 2.41 bits per heavy atom. The molecule has 0 spiro atoms. The van der Waals surface area contributed by atoms with Crippen molar-refractivity contribution in [1.29, 1.82) is 0 Å². The van der Waals surface area contributed by atoms with Gasteiger partial charge in [-0.25, -0.2) is 4.98 Å². The Balaban J connectivity index is 1.21. The molecule has 1 aromatic carbocycles. The molecule has 4 bridgehead atoms. The Morgan fingerprint density at radius 1 is 1.10 bits per heavy atom. The Labute approximate surface area is 174 Å². The van der Waals surface area contributed by atoms with E-state index in [2.05, 4.69) is 5.32 Å². The zero-order chi connectivity index (χ0) is 19.6. The van der Waals surface area contributed by atoms with Crippen LogP contribution in [0.5, 0.6) is 0 Å². The minimum absolute atomic E-state index is 0.0297. The second kappa shape index (κ2) is 6.59. The van der Waals surface area contributed by atoms with E-state index in [0.29, 0.717) is 16.3 Å². The molecule has 5 fully saturated rings. The fraction of sp³-hybridized carbons (Fsp3) is 0.609. The van der Waals surface area contributed by atoms with Gasteiger partial charge in [-0.3, -0.25) is 14.2 Å². The number of thioether (sulfide) groups is 1. The van der Waals surface area contributed by atoms with Crippen molar-refractivity contribution in [2.75, 3.05) is 5.75 Å². The number of hydrogen-bond donors (Lipinski definition) is 1. The van der Waals surface area contributed by atoms with Crippen LogP contribution in [0.15, 0.2) is 34.2 Å². The summed E-state index contributed by atoms with van der Waals surface area (Å²) in [7, 11) is 0. The van der Waals surface area contributed by atoms with E-state index in [4.69, 9.17) is 4.98 Å². The topological polar surface area (TPSA) is 64.0 Å². The van der Waals surface area contributed by atoms with E-state index < -0.39 is 0 Å².